The third kappa shape index (κ3) is 1.11. The highest BCUT2D eigenvalue weighted by atomic mass is 14.9. The molecule has 0 N–H and O–H groups in total. The summed E-state index contributed by atoms with van der Waals surface area (Å²) in [5.74, 6) is 0. The summed E-state index contributed by atoms with van der Waals surface area (Å²) in [7, 11) is 0. The molecule has 0 atom stereocenters. The van der Waals surface area contributed by atoms with Crippen molar-refractivity contribution in [2.24, 2.45) is 0 Å². The Morgan fingerprint density at radius 3 is 2.65 bits per heavy atom. The molecule has 1 aliphatic heterocycles. The number of hydrogen-bond acceptors (Lipinski definition) is 2. The Kier molecular flexibility index (Phi) is 1.56. The maximum atomic E-state index is 4.60. The van der Waals surface area contributed by atoms with Crippen LogP contribution in [-0.2, 0) is 0 Å². The van der Waals surface area contributed by atoms with Crippen molar-refractivity contribution in [3.05, 3.63) is 48.8 Å². The molecule has 4 rings (SSSR count). The third-order valence-corrected chi connectivity index (χ3v) is 3.03. The summed E-state index contributed by atoms with van der Waals surface area (Å²) in [5, 5.41) is 4.60. The minimum atomic E-state index is 0.915. The lowest BCUT2D eigenvalue weighted by Crippen LogP contribution is -1.86. The number of fused-ring (bicyclic) bond motifs is 5. The van der Waals surface area contributed by atoms with Crippen molar-refractivity contribution in [2.75, 3.05) is 0 Å². The van der Waals surface area contributed by atoms with E-state index >= 15 is 0 Å². The predicted octanol–water partition coefficient (Wildman–Crippen LogP) is 3.18. The number of rotatable bonds is 0. The standard InChI is InChI=1S/C14H8N3/c1-2-4-10-9(3-1)13-11(17-10)5-6-12-14(13)16-8-7-15-12/h1-8H. The van der Waals surface area contributed by atoms with E-state index in [9.17, 15) is 0 Å². The first kappa shape index (κ1) is 8.70. The Balaban J connectivity index is 2.17. The summed E-state index contributed by atoms with van der Waals surface area (Å²) in [4.78, 5) is 8.76. The molecule has 0 spiro atoms. The average Bonchev–Trinajstić information content (AvgIpc) is 2.77. The van der Waals surface area contributed by atoms with Crippen molar-refractivity contribution >= 4 is 22.4 Å². The van der Waals surface area contributed by atoms with Crippen molar-refractivity contribution < 1.29 is 0 Å². The van der Waals surface area contributed by atoms with Gasteiger partial charge in [-0.3, -0.25) is 9.97 Å². The molecule has 17 heavy (non-hydrogen) atoms. The van der Waals surface area contributed by atoms with Gasteiger partial charge >= 0.3 is 0 Å². The van der Waals surface area contributed by atoms with Gasteiger partial charge in [-0.05, 0) is 18.2 Å². The minimum Gasteiger partial charge on any atom is -0.253 e. The first-order chi connectivity index (χ1) is 8.43. The molecular weight excluding hydrogens is 210 g/mol. The molecule has 0 amide bonds. The lowest BCUT2D eigenvalue weighted by molar-refractivity contribution is 1.23. The van der Waals surface area contributed by atoms with Gasteiger partial charge in [0.1, 0.15) is 0 Å². The quantitative estimate of drug-likeness (QED) is 0.454. The Morgan fingerprint density at radius 1 is 0.765 bits per heavy atom. The third-order valence-electron chi connectivity index (χ3n) is 3.03. The van der Waals surface area contributed by atoms with E-state index in [1.165, 1.54) is 0 Å². The zero-order chi connectivity index (χ0) is 11.2. The van der Waals surface area contributed by atoms with E-state index in [0.29, 0.717) is 0 Å². The molecule has 3 heteroatoms. The summed E-state index contributed by atoms with van der Waals surface area (Å²) in [6, 6.07) is 12.1. The number of para-hydroxylation sites is 1. The van der Waals surface area contributed by atoms with Crippen molar-refractivity contribution in [1.29, 1.82) is 0 Å². The predicted molar refractivity (Wildman–Crippen MR) is 66.4 cm³/mol. The van der Waals surface area contributed by atoms with E-state index in [0.717, 1.165) is 33.5 Å². The van der Waals surface area contributed by atoms with Gasteiger partial charge in [-0.15, -0.1) is 0 Å². The molecule has 0 saturated carbocycles. The van der Waals surface area contributed by atoms with Crippen LogP contribution in [-0.4, -0.2) is 9.97 Å². The highest BCUT2D eigenvalue weighted by Crippen LogP contribution is 2.45. The van der Waals surface area contributed by atoms with Crippen LogP contribution in [0.3, 0.4) is 0 Å². The molecule has 0 fully saturated rings. The topological polar surface area (TPSA) is 39.9 Å². The van der Waals surface area contributed by atoms with E-state index in [-0.39, 0.29) is 0 Å². The second-order valence-electron chi connectivity index (χ2n) is 4.01. The summed E-state index contributed by atoms with van der Waals surface area (Å²) >= 11 is 0. The van der Waals surface area contributed by atoms with Gasteiger partial charge in [0.15, 0.2) is 0 Å². The fourth-order valence-electron chi connectivity index (χ4n) is 2.30. The highest BCUT2D eigenvalue weighted by molar-refractivity contribution is 6.04. The van der Waals surface area contributed by atoms with Crippen LogP contribution in [0.2, 0.25) is 0 Å². The largest absolute Gasteiger partial charge is 0.253 e. The van der Waals surface area contributed by atoms with E-state index < -0.39 is 0 Å². The van der Waals surface area contributed by atoms with Crippen molar-refractivity contribution in [2.45, 2.75) is 0 Å². The SMILES string of the molecule is c1ccc2c(c1)[N]c1ccc3nccnc3c1-2. The summed E-state index contributed by atoms with van der Waals surface area (Å²) in [6.45, 7) is 0. The maximum Gasteiger partial charge on any atom is 0.0987 e. The van der Waals surface area contributed by atoms with Gasteiger partial charge in [0.05, 0.1) is 22.4 Å². The van der Waals surface area contributed by atoms with Gasteiger partial charge < -0.3 is 0 Å². The van der Waals surface area contributed by atoms with Gasteiger partial charge in [-0.2, -0.15) is 0 Å². The molecule has 2 heterocycles. The zero-order valence-corrected chi connectivity index (χ0v) is 8.96. The highest BCUT2D eigenvalue weighted by Gasteiger charge is 2.22. The maximum absolute atomic E-state index is 4.60. The van der Waals surface area contributed by atoms with E-state index in [2.05, 4.69) is 21.4 Å². The van der Waals surface area contributed by atoms with Crippen LogP contribution in [0.1, 0.15) is 0 Å². The Labute approximate surface area is 98.2 Å². The van der Waals surface area contributed by atoms with Gasteiger partial charge in [0.2, 0.25) is 0 Å². The van der Waals surface area contributed by atoms with Gasteiger partial charge in [0, 0.05) is 23.5 Å². The Morgan fingerprint density at radius 2 is 1.65 bits per heavy atom. The first-order valence-electron chi connectivity index (χ1n) is 5.48. The molecule has 3 aromatic rings. The minimum absolute atomic E-state index is 0.915. The van der Waals surface area contributed by atoms with Gasteiger partial charge in [-0.1, -0.05) is 18.2 Å². The van der Waals surface area contributed by atoms with Crippen LogP contribution in [0.5, 0.6) is 0 Å². The van der Waals surface area contributed by atoms with Gasteiger partial charge in [0.25, 0.3) is 0 Å². The molecule has 0 aliphatic carbocycles. The molecule has 2 aromatic carbocycles. The number of hydrogen-bond donors (Lipinski definition) is 0. The molecule has 1 aromatic heterocycles. The molecule has 1 radical (unpaired) electrons. The zero-order valence-electron chi connectivity index (χ0n) is 8.96. The lowest BCUT2D eigenvalue weighted by atomic mass is 10.0. The van der Waals surface area contributed by atoms with Crippen molar-refractivity contribution in [3.8, 4) is 11.1 Å². The van der Waals surface area contributed by atoms with Crippen LogP contribution in [0.15, 0.2) is 48.8 Å². The van der Waals surface area contributed by atoms with Crippen molar-refractivity contribution in [3.63, 3.8) is 0 Å². The van der Waals surface area contributed by atoms with Crippen LogP contribution < -0.4 is 5.32 Å². The lowest BCUT2D eigenvalue weighted by Gasteiger charge is -2.02. The monoisotopic (exact) mass is 218 g/mol. The molecule has 79 valence electrons. The fourth-order valence-corrected chi connectivity index (χ4v) is 2.30. The van der Waals surface area contributed by atoms with Crippen LogP contribution in [0.25, 0.3) is 22.2 Å². The molecule has 0 unspecified atom stereocenters. The smallest absolute Gasteiger partial charge is 0.0987 e. The fraction of sp³-hybridized carbons (Fsp3) is 0. The molecular formula is C14H8N3. The van der Waals surface area contributed by atoms with Crippen LogP contribution in [0, 0.1) is 0 Å². The molecule has 1 aliphatic rings. The van der Waals surface area contributed by atoms with Gasteiger partial charge in [-0.25, -0.2) is 5.32 Å². The van der Waals surface area contributed by atoms with Crippen molar-refractivity contribution in [1.82, 2.24) is 15.3 Å². The molecule has 3 nitrogen and oxygen atoms in total. The van der Waals surface area contributed by atoms with E-state index in [1.54, 1.807) is 12.4 Å². The number of benzene rings is 2. The Bertz CT molecular complexity index is 734. The Hall–Kier alpha value is -2.42. The molecule has 0 bridgehead atoms. The normalized spacial score (nSPS) is 12.0. The van der Waals surface area contributed by atoms with Crippen LogP contribution in [0.4, 0.5) is 11.4 Å². The number of nitrogens with zero attached hydrogens (tertiary/aromatic N) is 3. The first-order valence-corrected chi connectivity index (χ1v) is 5.48. The average molecular weight is 218 g/mol. The molecule has 0 saturated heterocycles. The summed E-state index contributed by atoms with van der Waals surface area (Å²) < 4.78 is 0. The van der Waals surface area contributed by atoms with E-state index in [1.807, 2.05) is 30.3 Å². The summed E-state index contributed by atoms with van der Waals surface area (Å²) in [6.07, 6.45) is 3.44. The van der Waals surface area contributed by atoms with Crippen LogP contribution >= 0.6 is 0 Å². The van der Waals surface area contributed by atoms with E-state index in [4.69, 9.17) is 0 Å². The number of aromatic nitrogens is 2. The second-order valence-corrected chi connectivity index (χ2v) is 4.01. The second kappa shape index (κ2) is 3.04. The summed E-state index contributed by atoms with van der Waals surface area (Å²) in [5.41, 5.74) is 6.09.